The zero-order valence-electron chi connectivity index (χ0n) is 13.5. The fraction of sp³-hybridized carbons (Fsp3) is 0.263. The van der Waals surface area contributed by atoms with Crippen molar-refractivity contribution in [3.05, 3.63) is 60.2 Å². The van der Waals surface area contributed by atoms with E-state index in [-0.39, 0.29) is 13.0 Å². The van der Waals surface area contributed by atoms with Crippen LogP contribution in [0.1, 0.15) is 16.8 Å². The van der Waals surface area contributed by atoms with Crippen LogP contribution in [-0.2, 0) is 9.53 Å². The Hall–Kier alpha value is -2.70. The average molecular weight is 341 g/mol. The van der Waals surface area contributed by atoms with Crippen LogP contribution in [-0.4, -0.2) is 46.9 Å². The summed E-state index contributed by atoms with van der Waals surface area (Å²) in [6.07, 6.45) is 0.0344. The molecule has 130 valence electrons. The van der Waals surface area contributed by atoms with Crippen LogP contribution < -0.4 is 5.32 Å². The first-order chi connectivity index (χ1) is 12.0. The van der Waals surface area contributed by atoms with Gasteiger partial charge in [-0.05, 0) is 23.3 Å². The summed E-state index contributed by atoms with van der Waals surface area (Å²) in [5, 5.41) is 21.4. The van der Waals surface area contributed by atoms with Gasteiger partial charge in [-0.25, -0.2) is 4.79 Å². The topological polar surface area (TPSA) is 95.9 Å². The number of aliphatic hydroxyl groups is 1. The molecule has 0 spiro atoms. The highest BCUT2D eigenvalue weighted by Gasteiger charge is 2.44. The van der Waals surface area contributed by atoms with E-state index in [1.807, 2.05) is 42.5 Å². The summed E-state index contributed by atoms with van der Waals surface area (Å²) in [7, 11) is 0. The molecule has 0 amide bonds. The van der Waals surface area contributed by atoms with E-state index in [1.165, 1.54) is 0 Å². The quantitative estimate of drug-likeness (QED) is 0.716. The molecule has 1 saturated heterocycles. The number of carbonyl (C=O) groups excluding carboxylic acids is 1. The van der Waals surface area contributed by atoms with Gasteiger partial charge >= 0.3 is 11.9 Å². The monoisotopic (exact) mass is 341 g/mol. The van der Waals surface area contributed by atoms with E-state index in [1.54, 1.807) is 12.1 Å². The second-order valence-electron chi connectivity index (χ2n) is 6.15. The van der Waals surface area contributed by atoms with Crippen molar-refractivity contribution in [3.8, 4) is 11.1 Å². The summed E-state index contributed by atoms with van der Waals surface area (Å²) in [5.41, 5.74) is 1.16. The lowest BCUT2D eigenvalue weighted by Gasteiger charge is -2.26. The predicted octanol–water partition coefficient (Wildman–Crippen LogP) is 1.69. The number of carboxylic acids is 1. The smallest absolute Gasteiger partial charge is 0.338 e. The molecule has 3 rings (SSSR count). The highest BCUT2D eigenvalue weighted by Crippen LogP contribution is 2.26. The van der Waals surface area contributed by atoms with Gasteiger partial charge < -0.3 is 20.3 Å². The Morgan fingerprint density at radius 3 is 2.28 bits per heavy atom. The first-order valence-electron chi connectivity index (χ1n) is 7.99. The van der Waals surface area contributed by atoms with Gasteiger partial charge in [0.1, 0.15) is 11.6 Å². The number of aliphatic carboxylic acids is 1. The number of carbonyl (C=O) groups is 2. The molecule has 1 aliphatic heterocycles. The van der Waals surface area contributed by atoms with E-state index in [9.17, 15) is 14.7 Å². The first-order valence-corrected chi connectivity index (χ1v) is 7.99. The zero-order chi connectivity index (χ0) is 17.9. The highest BCUT2D eigenvalue weighted by molar-refractivity contribution is 5.90. The number of rotatable bonds is 5. The van der Waals surface area contributed by atoms with Crippen molar-refractivity contribution in [2.24, 2.45) is 0 Å². The van der Waals surface area contributed by atoms with Crippen molar-refractivity contribution in [1.29, 1.82) is 0 Å². The molecule has 1 aliphatic rings. The third-order valence-electron chi connectivity index (χ3n) is 4.37. The summed E-state index contributed by atoms with van der Waals surface area (Å²) in [5.74, 6) is -1.61. The molecule has 0 aliphatic carbocycles. The number of hydrogen-bond acceptors (Lipinski definition) is 5. The summed E-state index contributed by atoms with van der Waals surface area (Å²) in [4.78, 5) is 23.4. The lowest BCUT2D eigenvalue weighted by Crippen LogP contribution is -2.41. The Labute approximate surface area is 145 Å². The van der Waals surface area contributed by atoms with E-state index in [0.717, 1.165) is 11.1 Å². The molecule has 0 unspecified atom stereocenters. The average Bonchev–Trinajstić information content (AvgIpc) is 3.07. The summed E-state index contributed by atoms with van der Waals surface area (Å²) >= 11 is 0. The molecule has 6 nitrogen and oxygen atoms in total. The highest BCUT2D eigenvalue weighted by atomic mass is 16.6. The van der Waals surface area contributed by atoms with Crippen LogP contribution in [0.5, 0.6) is 0 Å². The second-order valence-corrected chi connectivity index (χ2v) is 6.15. The Balaban J connectivity index is 1.72. The number of benzene rings is 2. The molecule has 1 fully saturated rings. The van der Waals surface area contributed by atoms with Gasteiger partial charge in [0.2, 0.25) is 0 Å². The Kier molecular flexibility index (Phi) is 4.83. The fourth-order valence-corrected chi connectivity index (χ4v) is 2.92. The van der Waals surface area contributed by atoms with Crippen molar-refractivity contribution in [2.45, 2.75) is 18.1 Å². The number of nitrogens with one attached hydrogen (secondary N) is 1. The molecule has 0 radical (unpaired) electrons. The van der Waals surface area contributed by atoms with Crippen LogP contribution in [0.2, 0.25) is 0 Å². The molecular weight excluding hydrogens is 322 g/mol. The minimum Gasteiger partial charge on any atom is -0.480 e. The van der Waals surface area contributed by atoms with Gasteiger partial charge in [-0.2, -0.15) is 0 Å². The SMILES string of the molecule is O=C(O[C@]1(CO)CN[C@H](C(=O)O)C1)c1ccc(-c2ccccc2)cc1. The predicted molar refractivity (Wildman–Crippen MR) is 91.2 cm³/mol. The maximum atomic E-state index is 12.4. The molecule has 0 saturated carbocycles. The molecule has 1 heterocycles. The van der Waals surface area contributed by atoms with E-state index in [0.29, 0.717) is 5.56 Å². The largest absolute Gasteiger partial charge is 0.480 e. The van der Waals surface area contributed by atoms with Gasteiger partial charge in [-0.1, -0.05) is 42.5 Å². The van der Waals surface area contributed by atoms with Crippen LogP contribution in [0.3, 0.4) is 0 Å². The molecule has 3 N–H and O–H groups in total. The molecular formula is C19H19NO5. The maximum absolute atomic E-state index is 12.4. The number of carboxylic acid groups (broad SMARTS) is 1. The van der Waals surface area contributed by atoms with Crippen molar-refractivity contribution >= 4 is 11.9 Å². The lowest BCUT2D eigenvalue weighted by atomic mass is 10.0. The van der Waals surface area contributed by atoms with E-state index in [4.69, 9.17) is 9.84 Å². The normalized spacial score (nSPS) is 22.5. The van der Waals surface area contributed by atoms with Crippen molar-refractivity contribution in [2.75, 3.05) is 13.2 Å². The minimum absolute atomic E-state index is 0.0344. The molecule has 2 aromatic rings. The van der Waals surface area contributed by atoms with Crippen LogP contribution in [0, 0.1) is 0 Å². The number of aliphatic hydroxyl groups excluding tert-OH is 1. The molecule has 25 heavy (non-hydrogen) atoms. The number of esters is 1. The molecule has 2 atom stereocenters. The third-order valence-corrected chi connectivity index (χ3v) is 4.37. The number of ether oxygens (including phenoxy) is 1. The van der Waals surface area contributed by atoms with Crippen LogP contribution in [0.4, 0.5) is 0 Å². The minimum atomic E-state index is -1.21. The summed E-state index contributed by atoms with van der Waals surface area (Å²) in [6.45, 7) is -0.327. The molecule has 0 bridgehead atoms. The van der Waals surface area contributed by atoms with Gasteiger partial charge in [0.15, 0.2) is 0 Å². The van der Waals surface area contributed by atoms with E-state index >= 15 is 0 Å². The van der Waals surface area contributed by atoms with Gasteiger partial charge in [-0.15, -0.1) is 0 Å². The van der Waals surface area contributed by atoms with Crippen molar-refractivity contribution in [3.63, 3.8) is 0 Å². The van der Waals surface area contributed by atoms with Crippen LogP contribution in [0.25, 0.3) is 11.1 Å². The summed E-state index contributed by atoms with van der Waals surface area (Å²) in [6, 6.07) is 15.9. The Morgan fingerprint density at radius 1 is 1.08 bits per heavy atom. The fourth-order valence-electron chi connectivity index (χ4n) is 2.92. The third kappa shape index (κ3) is 3.70. The van der Waals surface area contributed by atoms with Gasteiger partial charge in [-0.3, -0.25) is 4.79 Å². The molecule has 6 heteroatoms. The second kappa shape index (κ2) is 7.04. The van der Waals surface area contributed by atoms with Crippen molar-refractivity contribution in [1.82, 2.24) is 5.32 Å². The van der Waals surface area contributed by atoms with Gasteiger partial charge in [0.05, 0.1) is 12.2 Å². The van der Waals surface area contributed by atoms with Gasteiger partial charge in [0.25, 0.3) is 0 Å². The summed E-state index contributed by atoms with van der Waals surface area (Å²) < 4.78 is 5.45. The van der Waals surface area contributed by atoms with E-state index in [2.05, 4.69) is 5.32 Å². The van der Waals surface area contributed by atoms with Crippen LogP contribution in [0.15, 0.2) is 54.6 Å². The lowest BCUT2D eigenvalue weighted by molar-refractivity contribution is -0.139. The first kappa shape index (κ1) is 17.1. The standard InChI is InChI=1S/C19H19NO5/c21-12-19(10-16(17(22)23)20-11-19)25-18(24)15-8-6-14(7-9-15)13-4-2-1-3-5-13/h1-9,16,20-21H,10-12H2,(H,22,23)/t16-,19-/m0/s1. The molecule has 2 aromatic carbocycles. The van der Waals surface area contributed by atoms with Crippen LogP contribution >= 0.6 is 0 Å². The van der Waals surface area contributed by atoms with Gasteiger partial charge in [0, 0.05) is 13.0 Å². The number of hydrogen-bond donors (Lipinski definition) is 3. The zero-order valence-corrected chi connectivity index (χ0v) is 13.5. The Morgan fingerprint density at radius 2 is 1.72 bits per heavy atom. The maximum Gasteiger partial charge on any atom is 0.338 e. The van der Waals surface area contributed by atoms with Crippen molar-refractivity contribution < 1.29 is 24.5 Å². The van der Waals surface area contributed by atoms with E-state index < -0.39 is 30.2 Å². The Bertz CT molecular complexity index is 759. The molecule has 0 aromatic heterocycles.